The maximum absolute atomic E-state index is 12.5. The number of hydrogen-bond acceptors (Lipinski definition) is 6. The number of nitrogens with two attached hydrogens (primary N) is 1. The molecule has 28 heavy (non-hydrogen) atoms. The van der Waals surface area contributed by atoms with E-state index in [1.54, 1.807) is 0 Å². The molecule has 158 valence electrons. The smallest absolute Gasteiger partial charge is 0.323 e. The van der Waals surface area contributed by atoms with E-state index in [-0.39, 0.29) is 23.7 Å². The average molecular weight is 393 g/mol. The molecule has 1 atom stereocenters. The first-order chi connectivity index (χ1) is 13.4. The molecule has 2 rings (SSSR count). The van der Waals surface area contributed by atoms with Gasteiger partial charge in [0, 0.05) is 24.9 Å². The van der Waals surface area contributed by atoms with Crippen molar-refractivity contribution in [1.29, 1.82) is 0 Å². The van der Waals surface area contributed by atoms with E-state index >= 15 is 0 Å². The van der Waals surface area contributed by atoms with Crippen LogP contribution in [-0.2, 0) is 25.5 Å². The summed E-state index contributed by atoms with van der Waals surface area (Å²) in [4.78, 5) is 14.7. The highest BCUT2D eigenvalue weighted by Gasteiger charge is 2.31. The first-order valence-corrected chi connectivity index (χ1v) is 10.2. The summed E-state index contributed by atoms with van der Waals surface area (Å²) in [5.74, 6) is -0.195. The maximum atomic E-state index is 12.5. The van der Waals surface area contributed by atoms with Gasteiger partial charge in [0.1, 0.15) is 6.04 Å². The maximum Gasteiger partial charge on any atom is 0.323 e. The van der Waals surface area contributed by atoms with Crippen LogP contribution in [0.25, 0.3) is 0 Å². The highest BCUT2D eigenvalue weighted by molar-refractivity contribution is 5.75. The second-order valence-corrected chi connectivity index (χ2v) is 8.28. The first-order valence-electron chi connectivity index (χ1n) is 10.2. The summed E-state index contributed by atoms with van der Waals surface area (Å²) in [6.07, 6.45) is 3.01. The SMILES string of the molecule is COC(=O)[C@H](CCCCN)N(CCC1OCC(C)(C)CO1)Cc1ccccc1. The summed E-state index contributed by atoms with van der Waals surface area (Å²) in [6.45, 7) is 7.65. The standard InChI is InChI=1S/C22H36N2O4/c1-22(2)16-27-20(28-17-22)12-14-24(15-18-9-5-4-6-10-18)19(21(25)26-3)11-7-8-13-23/h4-6,9-10,19-20H,7-8,11-17,23H2,1-3H3/t19-/m0/s1. The molecule has 0 unspecified atom stereocenters. The molecule has 0 amide bonds. The summed E-state index contributed by atoms with van der Waals surface area (Å²) in [5.41, 5.74) is 6.86. The second kappa shape index (κ2) is 11.5. The van der Waals surface area contributed by atoms with Crippen LogP contribution in [0.3, 0.4) is 0 Å². The van der Waals surface area contributed by atoms with Crippen molar-refractivity contribution in [2.45, 2.75) is 58.4 Å². The Labute approximate surface area is 169 Å². The average Bonchev–Trinajstić information content (AvgIpc) is 2.70. The van der Waals surface area contributed by atoms with E-state index in [2.05, 4.69) is 30.9 Å². The Morgan fingerprint density at radius 1 is 1.25 bits per heavy atom. The Bertz CT molecular complexity index is 569. The second-order valence-electron chi connectivity index (χ2n) is 8.28. The molecule has 6 nitrogen and oxygen atoms in total. The minimum absolute atomic E-state index is 0.0526. The fourth-order valence-corrected chi connectivity index (χ4v) is 3.40. The van der Waals surface area contributed by atoms with Crippen LogP contribution >= 0.6 is 0 Å². The molecule has 6 heteroatoms. The quantitative estimate of drug-likeness (QED) is 0.461. The van der Waals surface area contributed by atoms with Gasteiger partial charge in [0.05, 0.1) is 20.3 Å². The molecule has 1 aromatic rings. The number of rotatable bonds is 11. The number of hydrogen-bond donors (Lipinski definition) is 1. The normalized spacial score (nSPS) is 18.2. The third-order valence-corrected chi connectivity index (χ3v) is 5.05. The molecule has 1 aliphatic heterocycles. The molecule has 0 radical (unpaired) electrons. The third kappa shape index (κ3) is 7.51. The van der Waals surface area contributed by atoms with Gasteiger partial charge in [0.2, 0.25) is 0 Å². The molecular formula is C22H36N2O4. The van der Waals surface area contributed by atoms with E-state index in [9.17, 15) is 4.79 Å². The number of carbonyl (C=O) groups excluding carboxylic acids is 1. The molecule has 2 N–H and O–H groups in total. The van der Waals surface area contributed by atoms with Gasteiger partial charge in [-0.15, -0.1) is 0 Å². The van der Waals surface area contributed by atoms with E-state index in [0.717, 1.165) is 19.3 Å². The highest BCUT2D eigenvalue weighted by atomic mass is 16.7. The van der Waals surface area contributed by atoms with Gasteiger partial charge in [-0.2, -0.15) is 0 Å². The van der Waals surface area contributed by atoms with Gasteiger partial charge in [-0.3, -0.25) is 9.69 Å². The van der Waals surface area contributed by atoms with E-state index < -0.39 is 0 Å². The minimum atomic E-state index is -0.295. The number of unbranched alkanes of at least 4 members (excludes halogenated alkanes) is 1. The molecule has 1 saturated heterocycles. The molecule has 0 aromatic heterocycles. The van der Waals surface area contributed by atoms with Crippen molar-refractivity contribution in [2.75, 3.05) is 33.4 Å². The van der Waals surface area contributed by atoms with E-state index in [4.69, 9.17) is 19.9 Å². The van der Waals surface area contributed by atoms with Crippen molar-refractivity contribution in [1.82, 2.24) is 4.90 Å². The Kier molecular flexibility index (Phi) is 9.38. The van der Waals surface area contributed by atoms with Crippen LogP contribution in [0.5, 0.6) is 0 Å². The number of methoxy groups -OCH3 is 1. The lowest BCUT2D eigenvalue weighted by molar-refractivity contribution is -0.225. The lowest BCUT2D eigenvalue weighted by Gasteiger charge is -2.36. The van der Waals surface area contributed by atoms with Crippen molar-refractivity contribution in [3.63, 3.8) is 0 Å². The van der Waals surface area contributed by atoms with Crippen LogP contribution in [0.15, 0.2) is 30.3 Å². The summed E-state index contributed by atoms with van der Waals surface area (Å²) in [5, 5.41) is 0. The largest absolute Gasteiger partial charge is 0.468 e. The Morgan fingerprint density at radius 2 is 1.93 bits per heavy atom. The first kappa shape index (κ1) is 22.8. The lowest BCUT2D eigenvalue weighted by atomic mass is 9.95. The number of carbonyl (C=O) groups is 1. The molecule has 0 aliphatic carbocycles. The summed E-state index contributed by atoms with van der Waals surface area (Å²) in [7, 11) is 1.45. The number of esters is 1. The van der Waals surface area contributed by atoms with Crippen molar-refractivity contribution >= 4 is 5.97 Å². The molecule has 1 heterocycles. The van der Waals surface area contributed by atoms with Crippen LogP contribution in [0, 0.1) is 5.41 Å². The predicted molar refractivity (Wildman–Crippen MR) is 110 cm³/mol. The zero-order chi connectivity index (χ0) is 20.4. The molecular weight excluding hydrogens is 356 g/mol. The molecule has 1 aromatic carbocycles. The molecule has 1 aliphatic rings. The van der Waals surface area contributed by atoms with Gasteiger partial charge in [-0.25, -0.2) is 0 Å². The van der Waals surface area contributed by atoms with Crippen molar-refractivity contribution in [2.24, 2.45) is 11.1 Å². The van der Waals surface area contributed by atoms with Gasteiger partial charge in [-0.05, 0) is 24.9 Å². The molecule has 0 spiro atoms. The summed E-state index contributed by atoms with van der Waals surface area (Å²) < 4.78 is 16.9. The Hall–Kier alpha value is -1.47. The van der Waals surface area contributed by atoms with Crippen LogP contribution in [0.4, 0.5) is 0 Å². The summed E-state index contributed by atoms with van der Waals surface area (Å²) in [6, 6.07) is 9.90. The summed E-state index contributed by atoms with van der Waals surface area (Å²) >= 11 is 0. The van der Waals surface area contributed by atoms with Crippen molar-refractivity contribution in [3.05, 3.63) is 35.9 Å². The van der Waals surface area contributed by atoms with Crippen LogP contribution in [0.1, 0.15) is 45.1 Å². The Morgan fingerprint density at radius 3 is 2.54 bits per heavy atom. The monoisotopic (exact) mass is 392 g/mol. The van der Waals surface area contributed by atoms with E-state index in [0.29, 0.717) is 39.3 Å². The number of nitrogens with zero attached hydrogens (tertiary/aromatic N) is 1. The molecule has 0 saturated carbocycles. The zero-order valence-corrected chi connectivity index (χ0v) is 17.6. The number of benzene rings is 1. The van der Waals surface area contributed by atoms with Gasteiger partial charge < -0.3 is 19.9 Å². The minimum Gasteiger partial charge on any atom is -0.468 e. The topological polar surface area (TPSA) is 74.0 Å². The van der Waals surface area contributed by atoms with Gasteiger partial charge >= 0.3 is 5.97 Å². The fourth-order valence-electron chi connectivity index (χ4n) is 3.40. The molecule has 0 bridgehead atoms. The van der Waals surface area contributed by atoms with Crippen LogP contribution < -0.4 is 5.73 Å². The lowest BCUT2D eigenvalue weighted by Crippen LogP contribution is -2.44. The van der Waals surface area contributed by atoms with Gasteiger partial charge in [-0.1, -0.05) is 50.6 Å². The third-order valence-electron chi connectivity index (χ3n) is 5.05. The fraction of sp³-hybridized carbons (Fsp3) is 0.682. The van der Waals surface area contributed by atoms with Gasteiger partial charge in [0.15, 0.2) is 6.29 Å². The van der Waals surface area contributed by atoms with E-state index in [1.807, 2.05) is 18.2 Å². The van der Waals surface area contributed by atoms with Crippen LogP contribution in [0.2, 0.25) is 0 Å². The zero-order valence-electron chi connectivity index (χ0n) is 17.6. The van der Waals surface area contributed by atoms with E-state index in [1.165, 1.54) is 12.7 Å². The Balaban J connectivity index is 2.04. The molecule has 1 fully saturated rings. The van der Waals surface area contributed by atoms with Crippen molar-refractivity contribution in [3.8, 4) is 0 Å². The highest BCUT2D eigenvalue weighted by Crippen LogP contribution is 2.25. The number of ether oxygens (including phenoxy) is 3. The van der Waals surface area contributed by atoms with Crippen molar-refractivity contribution < 1.29 is 19.0 Å². The van der Waals surface area contributed by atoms with Crippen LogP contribution in [-0.4, -0.2) is 56.6 Å². The van der Waals surface area contributed by atoms with Gasteiger partial charge in [0.25, 0.3) is 0 Å². The predicted octanol–water partition coefficient (Wildman–Crippen LogP) is 2.95.